The predicted molar refractivity (Wildman–Crippen MR) is 143 cm³/mol. The highest BCUT2D eigenvalue weighted by Crippen LogP contribution is 2.38. The third kappa shape index (κ3) is 3.77. The average molecular weight is 457 g/mol. The normalized spacial score (nSPS) is 11.1. The van der Waals surface area contributed by atoms with Crippen molar-refractivity contribution in [1.82, 2.24) is 14.8 Å². The van der Waals surface area contributed by atoms with E-state index in [1.807, 2.05) is 53.2 Å². The molecule has 0 radical (unpaired) electrons. The van der Waals surface area contributed by atoms with Crippen LogP contribution < -0.4 is 10.1 Å². The molecule has 0 aliphatic rings. The number of methoxy groups -OCH3 is 1. The Balaban J connectivity index is 1.60. The van der Waals surface area contributed by atoms with Crippen LogP contribution in [0.4, 0.5) is 11.4 Å². The average Bonchev–Trinajstić information content (AvgIpc) is 3.24. The molecule has 0 saturated carbocycles. The Hall–Kier alpha value is -4.64. The van der Waals surface area contributed by atoms with Crippen molar-refractivity contribution in [3.63, 3.8) is 0 Å². The molecule has 6 rings (SSSR count). The Morgan fingerprint density at radius 1 is 0.771 bits per heavy atom. The van der Waals surface area contributed by atoms with Crippen molar-refractivity contribution in [2.24, 2.45) is 0 Å². The first-order valence-electron chi connectivity index (χ1n) is 11.6. The summed E-state index contributed by atoms with van der Waals surface area (Å²) in [5.41, 5.74) is 7.90. The van der Waals surface area contributed by atoms with E-state index in [1.165, 1.54) is 0 Å². The fraction of sp³-hybridized carbons (Fsp3) is 0.0667. The summed E-state index contributed by atoms with van der Waals surface area (Å²) in [6.45, 7) is 2.06. The number of hydrogen-bond acceptors (Lipinski definition) is 4. The Labute approximate surface area is 203 Å². The molecule has 2 heterocycles. The number of nitrogens with zero attached hydrogens (tertiary/aromatic N) is 3. The van der Waals surface area contributed by atoms with E-state index in [0.29, 0.717) is 0 Å². The molecule has 4 aromatic carbocycles. The quantitative estimate of drug-likeness (QED) is 0.296. The molecule has 1 N–H and O–H groups in total. The Kier molecular flexibility index (Phi) is 5.15. The van der Waals surface area contributed by atoms with E-state index in [4.69, 9.17) is 14.8 Å². The lowest BCUT2D eigenvalue weighted by molar-refractivity contribution is 0.415. The number of benzene rings is 4. The Morgan fingerprint density at radius 2 is 1.51 bits per heavy atom. The van der Waals surface area contributed by atoms with Gasteiger partial charge in [-0.25, -0.2) is 9.67 Å². The van der Waals surface area contributed by atoms with E-state index in [1.54, 1.807) is 7.11 Å². The van der Waals surface area contributed by atoms with Gasteiger partial charge in [-0.3, -0.25) is 0 Å². The molecular formula is C30H24N4O. The maximum atomic E-state index is 5.37. The number of aromatic nitrogens is 3. The lowest BCUT2D eigenvalue weighted by Crippen LogP contribution is -1.98. The molecular weight excluding hydrogens is 432 g/mol. The van der Waals surface area contributed by atoms with Crippen molar-refractivity contribution in [1.29, 1.82) is 0 Å². The number of pyridine rings is 1. The first-order chi connectivity index (χ1) is 17.2. The van der Waals surface area contributed by atoms with Crippen molar-refractivity contribution in [3.05, 3.63) is 109 Å². The van der Waals surface area contributed by atoms with Crippen molar-refractivity contribution in [2.45, 2.75) is 6.92 Å². The van der Waals surface area contributed by atoms with Gasteiger partial charge in [0.05, 0.1) is 29.4 Å². The third-order valence-corrected chi connectivity index (χ3v) is 6.20. The van der Waals surface area contributed by atoms with Gasteiger partial charge in [-0.15, -0.1) is 0 Å². The van der Waals surface area contributed by atoms with Crippen molar-refractivity contribution < 1.29 is 4.74 Å². The second-order valence-corrected chi connectivity index (χ2v) is 8.47. The fourth-order valence-electron chi connectivity index (χ4n) is 4.59. The van der Waals surface area contributed by atoms with Gasteiger partial charge in [0.25, 0.3) is 0 Å². The fourth-order valence-corrected chi connectivity index (χ4v) is 4.59. The Morgan fingerprint density at radius 3 is 2.29 bits per heavy atom. The van der Waals surface area contributed by atoms with Gasteiger partial charge in [-0.05, 0) is 48.9 Å². The number of nitrogens with one attached hydrogen (secondary N) is 1. The lowest BCUT2D eigenvalue weighted by atomic mass is 9.97. The number of para-hydroxylation sites is 1. The number of ether oxygens (including phenoxy) is 1. The van der Waals surface area contributed by atoms with Gasteiger partial charge < -0.3 is 10.1 Å². The number of rotatable bonds is 5. The summed E-state index contributed by atoms with van der Waals surface area (Å²) in [6, 6.07) is 34.9. The van der Waals surface area contributed by atoms with E-state index in [0.717, 1.165) is 61.6 Å². The van der Waals surface area contributed by atoms with Gasteiger partial charge in [0.1, 0.15) is 5.75 Å². The van der Waals surface area contributed by atoms with Crippen LogP contribution in [-0.4, -0.2) is 21.9 Å². The van der Waals surface area contributed by atoms with Crippen LogP contribution in [0.25, 0.3) is 38.8 Å². The van der Waals surface area contributed by atoms with Crippen molar-refractivity contribution in [3.8, 4) is 22.6 Å². The minimum Gasteiger partial charge on any atom is -0.497 e. The highest BCUT2D eigenvalue weighted by Gasteiger charge is 2.19. The monoisotopic (exact) mass is 456 g/mol. The lowest BCUT2D eigenvalue weighted by Gasteiger charge is -2.13. The minimum atomic E-state index is 0.809. The summed E-state index contributed by atoms with van der Waals surface area (Å²) in [5.74, 6) is 0.809. The van der Waals surface area contributed by atoms with Crippen molar-refractivity contribution in [2.75, 3.05) is 12.4 Å². The summed E-state index contributed by atoms with van der Waals surface area (Å²) in [6.07, 6.45) is 0. The summed E-state index contributed by atoms with van der Waals surface area (Å²) in [7, 11) is 1.67. The van der Waals surface area contributed by atoms with Crippen LogP contribution in [0.3, 0.4) is 0 Å². The molecule has 35 heavy (non-hydrogen) atoms. The molecule has 0 aliphatic carbocycles. The minimum absolute atomic E-state index is 0.809. The molecule has 0 amide bonds. The van der Waals surface area contributed by atoms with Crippen LogP contribution in [0.5, 0.6) is 5.75 Å². The molecule has 0 aliphatic heterocycles. The first-order valence-corrected chi connectivity index (χ1v) is 11.6. The van der Waals surface area contributed by atoms with E-state index >= 15 is 0 Å². The summed E-state index contributed by atoms with van der Waals surface area (Å²) in [5, 5.41) is 10.6. The van der Waals surface area contributed by atoms with Gasteiger partial charge in [-0.2, -0.15) is 5.10 Å². The zero-order valence-electron chi connectivity index (χ0n) is 19.6. The molecule has 0 spiro atoms. The van der Waals surface area contributed by atoms with Crippen LogP contribution in [0.1, 0.15) is 5.69 Å². The molecule has 0 unspecified atom stereocenters. The topological polar surface area (TPSA) is 52.0 Å². The first kappa shape index (κ1) is 20.9. The van der Waals surface area contributed by atoms with Gasteiger partial charge in [0, 0.05) is 28.4 Å². The van der Waals surface area contributed by atoms with Crippen LogP contribution >= 0.6 is 0 Å². The van der Waals surface area contributed by atoms with Crippen LogP contribution in [0.15, 0.2) is 103 Å². The van der Waals surface area contributed by atoms with E-state index < -0.39 is 0 Å². The standard InChI is InChI=1S/C30H24N4O/c1-20-28-29(21-10-5-3-6-11-21)26-17-16-23(31-22-12-9-15-25(18-22)35-2)19-27(26)32-30(28)34(33-20)24-13-7-4-8-14-24/h3-19,31H,1-2H3. The Bertz CT molecular complexity index is 1660. The SMILES string of the molecule is COc1cccc(Nc2ccc3c(-c4ccccc4)c4c(C)nn(-c5ccccc5)c4nc3c2)c1. The molecule has 0 atom stereocenters. The number of anilines is 2. The maximum absolute atomic E-state index is 5.37. The second-order valence-electron chi connectivity index (χ2n) is 8.47. The van der Waals surface area contributed by atoms with Crippen LogP contribution in [0.2, 0.25) is 0 Å². The largest absolute Gasteiger partial charge is 0.497 e. The zero-order chi connectivity index (χ0) is 23.8. The van der Waals surface area contributed by atoms with E-state index in [9.17, 15) is 0 Å². The predicted octanol–water partition coefficient (Wildman–Crippen LogP) is 7.30. The van der Waals surface area contributed by atoms with Gasteiger partial charge >= 0.3 is 0 Å². The number of aryl methyl sites for hydroxylation is 1. The summed E-state index contributed by atoms with van der Waals surface area (Å²) < 4.78 is 7.31. The highest BCUT2D eigenvalue weighted by atomic mass is 16.5. The molecule has 5 nitrogen and oxygen atoms in total. The molecule has 0 fully saturated rings. The van der Waals surface area contributed by atoms with Gasteiger partial charge in [0.15, 0.2) is 5.65 Å². The van der Waals surface area contributed by atoms with Gasteiger partial charge in [0.2, 0.25) is 0 Å². The number of fused-ring (bicyclic) bond motifs is 2. The molecule has 0 bridgehead atoms. The van der Waals surface area contributed by atoms with Crippen molar-refractivity contribution >= 4 is 33.3 Å². The maximum Gasteiger partial charge on any atom is 0.164 e. The van der Waals surface area contributed by atoms with E-state index in [-0.39, 0.29) is 0 Å². The summed E-state index contributed by atoms with van der Waals surface area (Å²) in [4.78, 5) is 5.13. The zero-order valence-corrected chi connectivity index (χ0v) is 19.6. The van der Waals surface area contributed by atoms with Crippen LogP contribution in [-0.2, 0) is 0 Å². The van der Waals surface area contributed by atoms with E-state index in [2.05, 4.69) is 66.8 Å². The van der Waals surface area contributed by atoms with Crippen LogP contribution in [0, 0.1) is 6.92 Å². The number of hydrogen-bond donors (Lipinski definition) is 1. The second kappa shape index (κ2) is 8.61. The molecule has 5 heteroatoms. The molecule has 170 valence electrons. The third-order valence-electron chi connectivity index (χ3n) is 6.20. The van der Waals surface area contributed by atoms with Gasteiger partial charge in [-0.1, -0.05) is 60.7 Å². The highest BCUT2D eigenvalue weighted by molar-refractivity contribution is 6.10. The smallest absolute Gasteiger partial charge is 0.164 e. The summed E-state index contributed by atoms with van der Waals surface area (Å²) >= 11 is 0. The molecule has 6 aromatic rings. The molecule has 0 saturated heterocycles. The molecule has 2 aromatic heterocycles.